The molecule has 1 amide bonds. The van der Waals surface area contributed by atoms with Crippen LogP contribution in [0.3, 0.4) is 0 Å². The molecule has 0 aromatic rings. The maximum atomic E-state index is 13.4. The van der Waals surface area contributed by atoms with E-state index in [4.69, 9.17) is 28.4 Å². The van der Waals surface area contributed by atoms with E-state index >= 15 is 0 Å². The zero-order valence-corrected chi connectivity index (χ0v) is 49.3. The maximum Gasteiger partial charge on any atom is 0.220 e. The number of unbranched alkanes of at least 4 members (excludes halogenated alkanes) is 30. The molecule has 0 bridgehead atoms. The van der Waals surface area contributed by atoms with Crippen LogP contribution in [0, 0.1) is 0 Å². The van der Waals surface area contributed by atoms with E-state index in [9.17, 15) is 61.0 Å². The van der Waals surface area contributed by atoms with Crippen LogP contribution in [-0.2, 0) is 33.2 Å². The average molecular weight is 1150 g/mol. The molecule has 19 heteroatoms. The standard InChI is InChI=1S/C61H115NO18/c1-3-5-7-9-11-13-15-17-19-21-22-23-25-27-29-31-33-35-37-39-49(67)62-44(45(66)38-36-34-32-30-28-26-24-20-18-16-14-12-10-8-6-4-2)43-75-59-55(73)52(70)57(47(41-64)77-59)80-61-56(74)53(71)58(48(42-65)78-61)79-60-54(72)51(69)50(68)46(40-63)76-60/h17,19,44-48,50-61,63-66,68-74H,3-16,18,20-43H2,1-2H3,(H,62,67)/b19-17-. The number of carbonyl (C=O) groups excluding carboxylic acids is 1. The van der Waals surface area contributed by atoms with Crippen LogP contribution in [0.25, 0.3) is 0 Å². The third-order valence-corrected chi connectivity index (χ3v) is 16.3. The number of carbonyl (C=O) groups is 1. The van der Waals surface area contributed by atoms with Gasteiger partial charge in [-0.05, 0) is 38.5 Å². The van der Waals surface area contributed by atoms with Crippen LogP contribution in [0.2, 0.25) is 0 Å². The predicted octanol–water partition coefficient (Wildman–Crippen LogP) is 6.55. The second kappa shape index (κ2) is 44.9. The molecule has 17 atom stereocenters. The van der Waals surface area contributed by atoms with E-state index in [1.807, 2.05) is 0 Å². The van der Waals surface area contributed by atoms with Crippen LogP contribution in [0.1, 0.15) is 239 Å². The number of aliphatic hydroxyl groups excluding tert-OH is 11. The first-order chi connectivity index (χ1) is 38.8. The van der Waals surface area contributed by atoms with Crippen molar-refractivity contribution in [3.05, 3.63) is 12.2 Å². The minimum absolute atomic E-state index is 0.243. The first-order valence-corrected chi connectivity index (χ1v) is 31.9. The van der Waals surface area contributed by atoms with E-state index < -0.39 is 124 Å². The van der Waals surface area contributed by atoms with E-state index in [-0.39, 0.29) is 18.9 Å². The van der Waals surface area contributed by atoms with Gasteiger partial charge in [-0.2, -0.15) is 0 Å². The highest BCUT2D eigenvalue weighted by Gasteiger charge is 2.53. The molecule has 0 aromatic carbocycles. The Morgan fingerprint density at radius 1 is 0.438 bits per heavy atom. The van der Waals surface area contributed by atoms with Gasteiger partial charge < -0.3 is 89.9 Å². The van der Waals surface area contributed by atoms with Crippen molar-refractivity contribution in [3.63, 3.8) is 0 Å². The van der Waals surface area contributed by atoms with Gasteiger partial charge in [-0.1, -0.05) is 206 Å². The van der Waals surface area contributed by atoms with Crippen molar-refractivity contribution in [1.82, 2.24) is 5.32 Å². The third kappa shape index (κ3) is 28.2. The van der Waals surface area contributed by atoms with Gasteiger partial charge in [0.15, 0.2) is 18.9 Å². The molecule has 3 aliphatic heterocycles. The summed E-state index contributed by atoms with van der Waals surface area (Å²) in [6.45, 7) is 1.80. The number of allylic oxidation sites excluding steroid dienone is 2. The van der Waals surface area contributed by atoms with Crippen LogP contribution < -0.4 is 5.32 Å². The van der Waals surface area contributed by atoms with Crippen molar-refractivity contribution in [1.29, 1.82) is 0 Å². The van der Waals surface area contributed by atoms with Crippen LogP contribution in [0.5, 0.6) is 0 Å². The third-order valence-electron chi connectivity index (χ3n) is 16.3. The molecule has 3 rings (SSSR count). The summed E-state index contributed by atoms with van der Waals surface area (Å²) in [6, 6.07) is -0.884. The molecule has 0 spiro atoms. The lowest BCUT2D eigenvalue weighted by atomic mass is 9.96. The summed E-state index contributed by atoms with van der Waals surface area (Å²) in [5.41, 5.74) is 0. The number of nitrogens with one attached hydrogen (secondary N) is 1. The fourth-order valence-electron chi connectivity index (χ4n) is 11.1. The Morgan fingerprint density at radius 2 is 0.787 bits per heavy atom. The topological polar surface area (TPSA) is 307 Å². The largest absolute Gasteiger partial charge is 0.394 e. The maximum absolute atomic E-state index is 13.4. The summed E-state index contributed by atoms with van der Waals surface area (Å²) < 4.78 is 34.3. The SMILES string of the molecule is CCCCCCCC/C=C\CCCCCCCCCCCC(=O)NC(COC1OC(CO)C(OC2OC(CO)C(OC3OC(CO)C(O)C(O)C3O)C(O)C2O)C(O)C1O)C(O)CCCCCCCCCCCCCCCCCC. The number of amides is 1. The molecular weight excluding hydrogens is 1030 g/mol. The fraction of sp³-hybridized carbons (Fsp3) is 0.951. The Hall–Kier alpha value is -1.47. The van der Waals surface area contributed by atoms with Crippen LogP contribution >= 0.6 is 0 Å². The molecule has 3 saturated heterocycles. The molecule has 0 saturated carbocycles. The van der Waals surface area contributed by atoms with Crippen molar-refractivity contribution in [2.24, 2.45) is 0 Å². The Morgan fingerprint density at radius 3 is 1.21 bits per heavy atom. The molecule has 472 valence electrons. The van der Waals surface area contributed by atoms with E-state index in [2.05, 4.69) is 31.3 Å². The minimum atomic E-state index is -1.97. The van der Waals surface area contributed by atoms with Crippen LogP contribution in [0.4, 0.5) is 0 Å². The highest BCUT2D eigenvalue weighted by atomic mass is 16.8. The summed E-state index contributed by atoms with van der Waals surface area (Å²) in [5, 5.41) is 120. The normalized spacial score (nSPS) is 30.0. The predicted molar refractivity (Wildman–Crippen MR) is 305 cm³/mol. The zero-order valence-electron chi connectivity index (χ0n) is 49.3. The molecule has 3 aliphatic rings. The number of hydrogen-bond donors (Lipinski definition) is 12. The summed E-state index contributed by atoms with van der Waals surface area (Å²) >= 11 is 0. The van der Waals surface area contributed by atoms with Crippen LogP contribution in [-0.4, -0.2) is 193 Å². The van der Waals surface area contributed by atoms with Gasteiger partial charge in [0.1, 0.15) is 73.2 Å². The van der Waals surface area contributed by atoms with Gasteiger partial charge in [0.05, 0.1) is 38.6 Å². The number of ether oxygens (including phenoxy) is 6. The molecule has 0 aliphatic carbocycles. The average Bonchev–Trinajstić information content (AvgIpc) is 3.50. The van der Waals surface area contributed by atoms with Gasteiger partial charge in [-0.3, -0.25) is 4.79 Å². The molecule has 0 radical (unpaired) electrons. The Labute approximate surface area is 480 Å². The van der Waals surface area contributed by atoms with Gasteiger partial charge >= 0.3 is 0 Å². The first kappa shape index (κ1) is 72.8. The lowest BCUT2D eigenvalue weighted by Crippen LogP contribution is -2.66. The summed E-state index contributed by atoms with van der Waals surface area (Å²) in [6.07, 6.45) is 18.6. The lowest BCUT2D eigenvalue weighted by molar-refractivity contribution is -0.379. The van der Waals surface area contributed by atoms with E-state index in [1.165, 1.54) is 154 Å². The Balaban J connectivity index is 1.47. The molecule has 12 N–H and O–H groups in total. The Kier molecular flexibility index (Phi) is 40.9. The number of rotatable bonds is 48. The van der Waals surface area contributed by atoms with Crippen molar-refractivity contribution in [2.45, 2.75) is 343 Å². The van der Waals surface area contributed by atoms with Gasteiger partial charge in [-0.15, -0.1) is 0 Å². The number of hydrogen-bond acceptors (Lipinski definition) is 18. The highest BCUT2D eigenvalue weighted by molar-refractivity contribution is 5.76. The molecule has 3 fully saturated rings. The second-order valence-corrected chi connectivity index (χ2v) is 23.2. The van der Waals surface area contributed by atoms with Crippen molar-refractivity contribution in [3.8, 4) is 0 Å². The van der Waals surface area contributed by atoms with Crippen molar-refractivity contribution < 1.29 is 89.4 Å². The molecule has 0 aromatic heterocycles. The van der Waals surface area contributed by atoms with E-state index in [0.29, 0.717) is 12.8 Å². The first-order valence-electron chi connectivity index (χ1n) is 31.9. The molecule has 19 nitrogen and oxygen atoms in total. The van der Waals surface area contributed by atoms with Gasteiger partial charge in [-0.25, -0.2) is 0 Å². The molecule has 80 heavy (non-hydrogen) atoms. The lowest BCUT2D eigenvalue weighted by Gasteiger charge is -2.48. The van der Waals surface area contributed by atoms with Crippen LogP contribution in [0.15, 0.2) is 12.2 Å². The summed E-state index contributed by atoms with van der Waals surface area (Å²) in [4.78, 5) is 13.4. The zero-order chi connectivity index (χ0) is 58.3. The monoisotopic (exact) mass is 1150 g/mol. The molecule has 17 unspecified atom stereocenters. The summed E-state index contributed by atoms with van der Waals surface area (Å²) in [7, 11) is 0. The smallest absolute Gasteiger partial charge is 0.220 e. The van der Waals surface area contributed by atoms with E-state index in [1.54, 1.807) is 0 Å². The van der Waals surface area contributed by atoms with Gasteiger partial charge in [0.2, 0.25) is 5.91 Å². The van der Waals surface area contributed by atoms with Crippen molar-refractivity contribution >= 4 is 5.91 Å². The fourth-order valence-corrected chi connectivity index (χ4v) is 11.1. The molecular formula is C61H115NO18. The quantitative estimate of drug-likeness (QED) is 0.0227. The highest BCUT2D eigenvalue weighted by Crippen LogP contribution is 2.33. The summed E-state index contributed by atoms with van der Waals surface area (Å²) in [5.74, 6) is -0.243. The van der Waals surface area contributed by atoms with Gasteiger partial charge in [0, 0.05) is 6.42 Å². The molecule has 3 heterocycles. The van der Waals surface area contributed by atoms with E-state index in [0.717, 1.165) is 51.4 Å². The number of aliphatic hydroxyl groups is 11. The Bertz CT molecular complexity index is 1510. The van der Waals surface area contributed by atoms with Gasteiger partial charge in [0.25, 0.3) is 0 Å². The minimum Gasteiger partial charge on any atom is -0.394 e. The second-order valence-electron chi connectivity index (χ2n) is 23.2. The van der Waals surface area contributed by atoms with Crippen molar-refractivity contribution in [2.75, 3.05) is 26.4 Å².